The van der Waals surface area contributed by atoms with Gasteiger partial charge in [0.25, 0.3) is 0 Å². The van der Waals surface area contributed by atoms with E-state index in [2.05, 4.69) is 11.8 Å². The Morgan fingerprint density at radius 3 is 2.75 bits per heavy atom. The van der Waals surface area contributed by atoms with Gasteiger partial charge >= 0.3 is 5.97 Å². The molecule has 1 N–H and O–H groups in total. The van der Waals surface area contributed by atoms with Gasteiger partial charge < -0.3 is 10.0 Å². The van der Waals surface area contributed by atoms with Crippen LogP contribution in [0.3, 0.4) is 0 Å². The average molecular weight is 225 g/mol. The van der Waals surface area contributed by atoms with Gasteiger partial charge in [0.05, 0.1) is 0 Å². The highest BCUT2D eigenvalue weighted by atomic mass is 16.4. The van der Waals surface area contributed by atoms with Crippen LogP contribution >= 0.6 is 0 Å². The molecule has 1 saturated heterocycles. The fourth-order valence-electron chi connectivity index (χ4n) is 2.81. The van der Waals surface area contributed by atoms with Crippen molar-refractivity contribution in [2.45, 2.75) is 51.5 Å². The van der Waals surface area contributed by atoms with Crippen molar-refractivity contribution in [1.29, 1.82) is 0 Å². The second kappa shape index (κ2) is 5.17. The lowest BCUT2D eigenvalue weighted by molar-refractivity contribution is -0.137. The summed E-state index contributed by atoms with van der Waals surface area (Å²) in [5.74, 6) is 0.968. The number of rotatable bonds is 6. The smallest absolute Gasteiger partial charge is 0.303 e. The molecule has 3 heteroatoms. The maximum atomic E-state index is 10.5. The quantitative estimate of drug-likeness (QED) is 0.754. The van der Waals surface area contributed by atoms with Crippen LogP contribution in [-0.2, 0) is 4.79 Å². The molecule has 2 aliphatic rings. The summed E-state index contributed by atoms with van der Waals surface area (Å²) >= 11 is 0. The van der Waals surface area contributed by atoms with Crippen LogP contribution in [-0.4, -0.2) is 35.1 Å². The maximum absolute atomic E-state index is 10.5. The summed E-state index contributed by atoms with van der Waals surface area (Å²) in [4.78, 5) is 13.1. The van der Waals surface area contributed by atoms with Gasteiger partial charge in [-0.05, 0) is 44.6 Å². The number of carboxylic acid groups (broad SMARTS) is 1. The highest BCUT2D eigenvalue weighted by Crippen LogP contribution is 2.35. The molecule has 0 aromatic rings. The fourth-order valence-corrected chi connectivity index (χ4v) is 2.81. The largest absolute Gasteiger partial charge is 0.481 e. The van der Waals surface area contributed by atoms with Crippen LogP contribution in [0.15, 0.2) is 0 Å². The van der Waals surface area contributed by atoms with E-state index in [9.17, 15) is 4.79 Å². The maximum Gasteiger partial charge on any atom is 0.303 e. The summed E-state index contributed by atoms with van der Waals surface area (Å²) in [6, 6.07) is 0.710. The van der Waals surface area contributed by atoms with Crippen LogP contribution in [0, 0.1) is 11.8 Å². The molecular weight excluding hydrogens is 202 g/mol. The molecule has 0 bridgehead atoms. The molecule has 2 fully saturated rings. The molecule has 0 amide bonds. The van der Waals surface area contributed by atoms with E-state index in [0.717, 1.165) is 18.9 Å². The molecule has 92 valence electrons. The van der Waals surface area contributed by atoms with E-state index in [4.69, 9.17) is 5.11 Å². The highest BCUT2D eigenvalue weighted by Gasteiger charge is 2.30. The number of likely N-dealkylation sites (tertiary alicyclic amines) is 1. The first-order valence-corrected chi connectivity index (χ1v) is 6.61. The van der Waals surface area contributed by atoms with Crippen LogP contribution in [0.1, 0.15) is 45.4 Å². The van der Waals surface area contributed by atoms with Crippen molar-refractivity contribution in [3.8, 4) is 0 Å². The van der Waals surface area contributed by atoms with Gasteiger partial charge in [0, 0.05) is 19.0 Å². The molecule has 3 nitrogen and oxygen atoms in total. The van der Waals surface area contributed by atoms with Crippen LogP contribution in [0.25, 0.3) is 0 Å². The van der Waals surface area contributed by atoms with Crippen LogP contribution < -0.4 is 0 Å². The average Bonchev–Trinajstić information content (AvgIpc) is 2.92. The minimum atomic E-state index is -0.649. The predicted octanol–water partition coefficient (Wildman–Crippen LogP) is 2.36. The molecule has 2 unspecified atom stereocenters. The minimum absolute atomic E-state index is 0.343. The normalized spacial score (nSPS) is 28.2. The molecule has 2 rings (SSSR count). The van der Waals surface area contributed by atoms with Crippen LogP contribution in [0.2, 0.25) is 0 Å². The van der Waals surface area contributed by atoms with Crippen molar-refractivity contribution in [2.24, 2.45) is 11.8 Å². The van der Waals surface area contributed by atoms with Gasteiger partial charge in [-0.1, -0.05) is 12.8 Å². The summed E-state index contributed by atoms with van der Waals surface area (Å²) in [6.45, 7) is 4.64. The van der Waals surface area contributed by atoms with Gasteiger partial charge in [0.15, 0.2) is 0 Å². The topological polar surface area (TPSA) is 40.5 Å². The number of carbonyl (C=O) groups is 1. The summed E-state index contributed by atoms with van der Waals surface area (Å²) in [7, 11) is 0. The Balaban J connectivity index is 1.67. The molecule has 1 saturated carbocycles. The van der Waals surface area contributed by atoms with Gasteiger partial charge in [0.2, 0.25) is 0 Å². The zero-order valence-electron chi connectivity index (χ0n) is 10.2. The second-order valence-electron chi connectivity index (χ2n) is 5.61. The minimum Gasteiger partial charge on any atom is -0.481 e. The lowest BCUT2D eigenvalue weighted by Crippen LogP contribution is -2.31. The van der Waals surface area contributed by atoms with E-state index in [1.54, 1.807) is 0 Å². The van der Waals surface area contributed by atoms with Gasteiger partial charge in [-0.2, -0.15) is 0 Å². The molecule has 1 aliphatic carbocycles. The number of nitrogens with zero attached hydrogens (tertiary/aromatic N) is 1. The van der Waals surface area contributed by atoms with Crippen molar-refractivity contribution in [3.05, 3.63) is 0 Å². The third kappa shape index (κ3) is 3.48. The second-order valence-corrected chi connectivity index (χ2v) is 5.61. The monoisotopic (exact) mass is 225 g/mol. The summed E-state index contributed by atoms with van der Waals surface area (Å²) in [5.41, 5.74) is 0. The molecule has 0 aromatic heterocycles. The van der Waals surface area contributed by atoms with Gasteiger partial charge in [-0.3, -0.25) is 4.79 Å². The molecule has 1 aliphatic heterocycles. The third-order valence-corrected chi connectivity index (χ3v) is 4.08. The fraction of sp³-hybridized carbons (Fsp3) is 0.923. The van der Waals surface area contributed by atoms with E-state index in [1.165, 1.54) is 32.2 Å². The van der Waals surface area contributed by atoms with Crippen molar-refractivity contribution in [3.63, 3.8) is 0 Å². The Bertz CT molecular complexity index is 250. The molecule has 0 spiro atoms. The van der Waals surface area contributed by atoms with E-state index in [0.29, 0.717) is 18.4 Å². The molecule has 1 heterocycles. The standard InChI is InChI=1S/C13H23NO2/c1-10(8-11-2-3-11)14-7-6-12(9-14)4-5-13(15)16/h10-12H,2-9H2,1H3,(H,15,16). The number of hydrogen-bond acceptors (Lipinski definition) is 2. The Labute approximate surface area is 97.8 Å². The van der Waals surface area contributed by atoms with Crippen molar-refractivity contribution >= 4 is 5.97 Å². The van der Waals surface area contributed by atoms with Crippen molar-refractivity contribution in [2.75, 3.05) is 13.1 Å². The summed E-state index contributed by atoms with van der Waals surface area (Å²) in [6.07, 6.45) is 6.62. The van der Waals surface area contributed by atoms with Gasteiger partial charge in [-0.25, -0.2) is 0 Å². The van der Waals surface area contributed by atoms with E-state index >= 15 is 0 Å². The highest BCUT2D eigenvalue weighted by molar-refractivity contribution is 5.66. The molecule has 16 heavy (non-hydrogen) atoms. The lowest BCUT2D eigenvalue weighted by atomic mass is 10.0. The van der Waals surface area contributed by atoms with Gasteiger partial charge in [-0.15, -0.1) is 0 Å². The first-order chi connectivity index (χ1) is 7.65. The summed E-state index contributed by atoms with van der Waals surface area (Å²) in [5, 5.41) is 8.66. The Morgan fingerprint density at radius 1 is 1.38 bits per heavy atom. The number of aliphatic carboxylic acids is 1. The van der Waals surface area contributed by atoms with Gasteiger partial charge in [0.1, 0.15) is 0 Å². The zero-order valence-corrected chi connectivity index (χ0v) is 10.2. The Morgan fingerprint density at radius 2 is 2.12 bits per heavy atom. The van der Waals surface area contributed by atoms with Crippen molar-refractivity contribution in [1.82, 2.24) is 4.90 Å². The SMILES string of the molecule is CC(CC1CC1)N1CCC(CCC(=O)O)C1. The predicted molar refractivity (Wildman–Crippen MR) is 63.4 cm³/mol. The van der Waals surface area contributed by atoms with Crippen LogP contribution in [0.4, 0.5) is 0 Å². The van der Waals surface area contributed by atoms with Crippen molar-refractivity contribution < 1.29 is 9.90 Å². The lowest BCUT2D eigenvalue weighted by Gasteiger charge is -2.24. The molecule has 2 atom stereocenters. The Kier molecular flexibility index (Phi) is 3.85. The third-order valence-electron chi connectivity index (χ3n) is 4.08. The number of hydrogen-bond donors (Lipinski definition) is 1. The zero-order chi connectivity index (χ0) is 11.5. The van der Waals surface area contributed by atoms with Crippen LogP contribution in [0.5, 0.6) is 0 Å². The van der Waals surface area contributed by atoms with E-state index in [1.807, 2.05) is 0 Å². The Hall–Kier alpha value is -0.570. The molecular formula is C13H23NO2. The van der Waals surface area contributed by atoms with E-state index in [-0.39, 0.29) is 0 Å². The summed E-state index contributed by atoms with van der Waals surface area (Å²) < 4.78 is 0. The molecule has 0 aromatic carbocycles. The molecule has 0 radical (unpaired) electrons. The first kappa shape index (κ1) is 11.9. The first-order valence-electron chi connectivity index (χ1n) is 6.61. The van der Waals surface area contributed by atoms with E-state index < -0.39 is 5.97 Å². The number of carboxylic acids is 1.